The average Bonchev–Trinajstić information content (AvgIpc) is 2.18. The molecule has 1 N–H and O–H groups in total. The predicted molar refractivity (Wildman–Crippen MR) is 45.1 cm³/mol. The minimum absolute atomic E-state index is 0.157. The highest BCUT2D eigenvalue weighted by molar-refractivity contribution is 7.10. The molecule has 1 rings (SSSR count). The number of hydrogen-bond donors (Lipinski definition) is 1. The SMILES string of the molecule is Cc1csc(CC(=O)O)c1C. The summed E-state index contributed by atoms with van der Waals surface area (Å²) in [6, 6.07) is 0. The summed E-state index contributed by atoms with van der Waals surface area (Å²) in [5.41, 5.74) is 2.31. The van der Waals surface area contributed by atoms with E-state index >= 15 is 0 Å². The maximum absolute atomic E-state index is 10.3. The predicted octanol–water partition coefficient (Wildman–Crippen LogP) is 1.99. The lowest BCUT2D eigenvalue weighted by Crippen LogP contribution is -1.99. The van der Waals surface area contributed by atoms with Gasteiger partial charge in [0.25, 0.3) is 0 Å². The highest BCUT2D eigenvalue weighted by Crippen LogP contribution is 2.20. The lowest BCUT2D eigenvalue weighted by atomic mass is 10.1. The third-order valence-electron chi connectivity index (χ3n) is 1.70. The fraction of sp³-hybridized carbons (Fsp3) is 0.375. The molecule has 0 amide bonds. The molecule has 0 unspecified atom stereocenters. The average molecular weight is 170 g/mol. The molecule has 11 heavy (non-hydrogen) atoms. The maximum Gasteiger partial charge on any atom is 0.308 e. The number of carboxylic acid groups (broad SMARTS) is 1. The van der Waals surface area contributed by atoms with Gasteiger partial charge in [-0.2, -0.15) is 0 Å². The summed E-state index contributed by atoms with van der Waals surface area (Å²) < 4.78 is 0. The summed E-state index contributed by atoms with van der Waals surface area (Å²) in [6.45, 7) is 3.96. The van der Waals surface area contributed by atoms with Crippen molar-refractivity contribution in [3.05, 3.63) is 21.4 Å². The van der Waals surface area contributed by atoms with E-state index in [1.807, 2.05) is 19.2 Å². The molecule has 0 aromatic carbocycles. The monoisotopic (exact) mass is 170 g/mol. The molecule has 0 spiro atoms. The molecule has 60 valence electrons. The van der Waals surface area contributed by atoms with Gasteiger partial charge in [-0.15, -0.1) is 11.3 Å². The lowest BCUT2D eigenvalue weighted by Gasteiger charge is -1.93. The molecule has 0 bridgehead atoms. The van der Waals surface area contributed by atoms with Crippen LogP contribution in [0.25, 0.3) is 0 Å². The van der Waals surface area contributed by atoms with Crippen LogP contribution < -0.4 is 0 Å². The topological polar surface area (TPSA) is 37.3 Å². The van der Waals surface area contributed by atoms with E-state index in [9.17, 15) is 4.79 Å². The van der Waals surface area contributed by atoms with Crippen molar-refractivity contribution in [1.29, 1.82) is 0 Å². The second-order valence-electron chi connectivity index (χ2n) is 2.54. The van der Waals surface area contributed by atoms with Crippen LogP contribution >= 0.6 is 11.3 Å². The summed E-state index contributed by atoms with van der Waals surface area (Å²) in [7, 11) is 0. The molecule has 1 aromatic rings. The van der Waals surface area contributed by atoms with Gasteiger partial charge in [0.2, 0.25) is 0 Å². The Labute approximate surface area is 69.5 Å². The first kappa shape index (κ1) is 8.27. The number of carbonyl (C=O) groups is 1. The highest BCUT2D eigenvalue weighted by Gasteiger charge is 2.07. The van der Waals surface area contributed by atoms with Crippen LogP contribution in [0, 0.1) is 13.8 Å². The molecule has 3 heteroatoms. The van der Waals surface area contributed by atoms with Crippen molar-refractivity contribution in [2.45, 2.75) is 20.3 Å². The van der Waals surface area contributed by atoms with Crippen LogP contribution in [0.4, 0.5) is 0 Å². The van der Waals surface area contributed by atoms with Crippen molar-refractivity contribution in [2.24, 2.45) is 0 Å². The third-order valence-corrected chi connectivity index (χ3v) is 2.91. The number of rotatable bonds is 2. The van der Waals surface area contributed by atoms with Crippen LogP contribution in [-0.4, -0.2) is 11.1 Å². The smallest absolute Gasteiger partial charge is 0.308 e. The summed E-state index contributed by atoms with van der Waals surface area (Å²) in [5, 5.41) is 10.5. The molecule has 0 atom stereocenters. The number of carboxylic acids is 1. The normalized spacial score (nSPS) is 10.0. The van der Waals surface area contributed by atoms with Crippen molar-refractivity contribution in [2.75, 3.05) is 0 Å². The van der Waals surface area contributed by atoms with Gasteiger partial charge in [-0.1, -0.05) is 0 Å². The zero-order valence-electron chi connectivity index (χ0n) is 6.55. The molecule has 0 aliphatic carbocycles. The summed E-state index contributed by atoms with van der Waals surface area (Å²) >= 11 is 1.52. The first-order valence-corrected chi connectivity index (χ1v) is 4.24. The molecule has 0 fully saturated rings. The van der Waals surface area contributed by atoms with E-state index in [4.69, 9.17) is 5.11 Å². The molecule has 0 radical (unpaired) electrons. The van der Waals surface area contributed by atoms with Crippen molar-refractivity contribution in [1.82, 2.24) is 0 Å². The van der Waals surface area contributed by atoms with Crippen LogP contribution in [0.2, 0.25) is 0 Å². The molecule has 0 saturated heterocycles. The largest absolute Gasteiger partial charge is 0.481 e. The Hall–Kier alpha value is -0.830. The Balaban J connectivity index is 2.87. The molecule has 0 aliphatic rings. The zero-order chi connectivity index (χ0) is 8.43. The first-order valence-electron chi connectivity index (χ1n) is 3.36. The molecular formula is C8H10O2S. The summed E-state index contributed by atoms with van der Waals surface area (Å²) in [5.74, 6) is -0.755. The van der Waals surface area contributed by atoms with Gasteiger partial charge in [-0.3, -0.25) is 4.79 Å². The Morgan fingerprint density at radius 1 is 1.64 bits per heavy atom. The van der Waals surface area contributed by atoms with Gasteiger partial charge in [0, 0.05) is 4.88 Å². The Bertz CT molecular complexity index is 276. The van der Waals surface area contributed by atoms with E-state index in [0.717, 1.165) is 10.4 Å². The Morgan fingerprint density at radius 2 is 2.27 bits per heavy atom. The van der Waals surface area contributed by atoms with E-state index in [2.05, 4.69) is 0 Å². The van der Waals surface area contributed by atoms with Crippen LogP contribution in [0.3, 0.4) is 0 Å². The van der Waals surface area contributed by atoms with E-state index in [-0.39, 0.29) is 6.42 Å². The van der Waals surface area contributed by atoms with Gasteiger partial charge in [0.1, 0.15) is 0 Å². The van der Waals surface area contributed by atoms with Crippen LogP contribution in [0.15, 0.2) is 5.38 Å². The molecule has 2 nitrogen and oxygen atoms in total. The number of aryl methyl sites for hydroxylation is 1. The van der Waals surface area contributed by atoms with Crippen LogP contribution in [-0.2, 0) is 11.2 Å². The Morgan fingerprint density at radius 3 is 2.64 bits per heavy atom. The fourth-order valence-corrected chi connectivity index (χ4v) is 1.91. The van der Waals surface area contributed by atoms with Crippen LogP contribution in [0.1, 0.15) is 16.0 Å². The van der Waals surface area contributed by atoms with Crippen molar-refractivity contribution < 1.29 is 9.90 Å². The van der Waals surface area contributed by atoms with E-state index in [1.54, 1.807) is 0 Å². The van der Waals surface area contributed by atoms with Crippen molar-refractivity contribution >= 4 is 17.3 Å². The van der Waals surface area contributed by atoms with Gasteiger partial charge >= 0.3 is 5.97 Å². The standard InChI is InChI=1S/C8H10O2S/c1-5-4-11-7(6(5)2)3-8(9)10/h4H,3H2,1-2H3,(H,9,10). The van der Waals surface area contributed by atoms with E-state index in [1.165, 1.54) is 16.9 Å². The number of hydrogen-bond acceptors (Lipinski definition) is 2. The summed E-state index contributed by atoms with van der Waals surface area (Å²) in [4.78, 5) is 11.3. The Kier molecular flexibility index (Phi) is 2.29. The lowest BCUT2D eigenvalue weighted by molar-refractivity contribution is -0.136. The van der Waals surface area contributed by atoms with Gasteiger partial charge in [-0.25, -0.2) is 0 Å². The van der Waals surface area contributed by atoms with E-state index < -0.39 is 5.97 Å². The van der Waals surface area contributed by atoms with Gasteiger partial charge < -0.3 is 5.11 Å². The molecule has 1 aromatic heterocycles. The summed E-state index contributed by atoms with van der Waals surface area (Å²) in [6.07, 6.45) is 0.157. The minimum atomic E-state index is -0.755. The highest BCUT2D eigenvalue weighted by atomic mass is 32.1. The maximum atomic E-state index is 10.3. The van der Waals surface area contributed by atoms with Gasteiger partial charge in [-0.05, 0) is 30.4 Å². The molecule has 0 saturated carbocycles. The van der Waals surface area contributed by atoms with E-state index in [0.29, 0.717) is 0 Å². The molecule has 1 heterocycles. The first-order chi connectivity index (χ1) is 5.11. The quantitative estimate of drug-likeness (QED) is 0.737. The van der Waals surface area contributed by atoms with Crippen molar-refractivity contribution in [3.8, 4) is 0 Å². The number of thiophene rings is 1. The second kappa shape index (κ2) is 3.05. The second-order valence-corrected chi connectivity index (χ2v) is 3.50. The molecular weight excluding hydrogens is 160 g/mol. The van der Waals surface area contributed by atoms with Crippen LogP contribution in [0.5, 0.6) is 0 Å². The van der Waals surface area contributed by atoms with Gasteiger partial charge in [0.15, 0.2) is 0 Å². The van der Waals surface area contributed by atoms with Gasteiger partial charge in [0.05, 0.1) is 6.42 Å². The molecule has 0 aliphatic heterocycles. The number of aliphatic carboxylic acids is 1. The van der Waals surface area contributed by atoms with Crippen molar-refractivity contribution in [3.63, 3.8) is 0 Å². The minimum Gasteiger partial charge on any atom is -0.481 e. The third kappa shape index (κ3) is 1.80. The zero-order valence-corrected chi connectivity index (χ0v) is 7.36. The fourth-order valence-electron chi connectivity index (χ4n) is 0.868.